The molecule has 0 aliphatic carbocycles. The van der Waals surface area contributed by atoms with Gasteiger partial charge < -0.3 is 15.7 Å². The number of benzene rings is 1. The number of hydrogen-bond acceptors (Lipinski definition) is 4. The Labute approximate surface area is 145 Å². The summed E-state index contributed by atoms with van der Waals surface area (Å²) in [4.78, 5) is 22.4. The molecule has 0 aliphatic heterocycles. The van der Waals surface area contributed by atoms with Gasteiger partial charge in [-0.25, -0.2) is 9.48 Å². The predicted octanol–water partition coefficient (Wildman–Crippen LogP) is 2.29. The van der Waals surface area contributed by atoms with Crippen molar-refractivity contribution in [2.75, 3.05) is 11.9 Å². The van der Waals surface area contributed by atoms with E-state index >= 15 is 0 Å². The zero-order valence-electron chi connectivity index (χ0n) is 13.8. The fraction of sp³-hybridized carbons (Fsp3) is 0.294. The Morgan fingerprint density at radius 2 is 2.20 bits per heavy atom. The lowest BCUT2D eigenvalue weighted by Gasteiger charge is -2.10. The average Bonchev–Trinajstić information content (AvgIpc) is 2.97. The van der Waals surface area contributed by atoms with Crippen molar-refractivity contribution in [2.45, 2.75) is 26.2 Å². The van der Waals surface area contributed by atoms with Gasteiger partial charge >= 0.3 is 12.0 Å². The number of hydrogen-bond donors (Lipinski definition) is 3. The second-order valence-electron chi connectivity index (χ2n) is 5.35. The van der Waals surface area contributed by atoms with Crippen molar-refractivity contribution < 1.29 is 14.7 Å². The number of urea groups is 1. The highest BCUT2D eigenvalue weighted by Crippen LogP contribution is 2.21. The Bertz CT molecular complexity index is 807. The number of carbonyl (C=O) groups is 2. The van der Waals surface area contributed by atoms with Crippen LogP contribution < -0.4 is 10.6 Å². The van der Waals surface area contributed by atoms with E-state index in [2.05, 4.69) is 21.8 Å². The number of rotatable bonds is 7. The smallest absolute Gasteiger partial charge is 0.319 e. The maximum absolute atomic E-state index is 11.9. The van der Waals surface area contributed by atoms with E-state index in [9.17, 15) is 9.59 Å². The molecule has 0 radical (unpaired) electrons. The van der Waals surface area contributed by atoms with E-state index in [0.717, 1.165) is 17.8 Å². The third kappa shape index (κ3) is 4.81. The van der Waals surface area contributed by atoms with Gasteiger partial charge in [-0.15, -0.1) is 0 Å². The first-order valence-corrected chi connectivity index (χ1v) is 7.89. The molecule has 1 aromatic carbocycles. The molecule has 0 saturated heterocycles. The Balaban J connectivity index is 2.19. The van der Waals surface area contributed by atoms with Gasteiger partial charge in [0.2, 0.25) is 0 Å². The second-order valence-corrected chi connectivity index (χ2v) is 5.35. The minimum atomic E-state index is -0.975. The van der Waals surface area contributed by atoms with Gasteiger partial charge in [0, 0.05) is 6.54 Å². The number of aromatic nitrogens is 2. The molecule has 8 nitrogen and oxygen atoms in total. The molecule has 2 aromatic rings. The molecular formula is C17H19N5O3. The van der Waals surface area contributed by atoms with Crippen LogP contribution in [0.2, 0.25) is 0 Å². The summed E-state index contributed by atoms with van der Waals surface area (Å²) in [6, 6.07) is 8.66. The van der Waals surface area contributed by atoms with Gasteiger partial charge in [0.05, 0.1) is 41.3 Å². The van der Waals surface area contributed by atoms with Crippen LogP contribution in [0.1, 0.15) is 31.0 Å². The summed E-state index contributed by atoms with van der Waals surface area (Å²) in [5.41, 5.74) is 2.63. The predicted molar refractivity (Wildman–Crippen MR) is 91.5 cm³/mol. The molecule has 130 valence electrons. The molecule has 0 aliphatic rings. The summed E-state index contributed by atoms with van der Waals surface area (Å²) in [5, 5.41) is 27.1. The van der Waals surface area contributed by atoms with Crippen LogP contribution in [0.15, 0.2) is 30.5 Å². The largest absolute Gasteiger partial charge is 0.481 e. The van der Waals surface area contributed by atoms with Crippen LogP contribution in [0.3, 0.4) is 0 Å². The van der Waals surface area contributed by atoms with Gasteiger partial charge in [0.25, 0.3) is 0 Å². The SMILES string of the molecule is CCCc1c(NC(=O)NCCC(=O)O)cnn1-c1cccc(C#N)c1. The molecule has 0 bridgehead atoms. The summed E-state index contributed by atoms with van der Waals surface area (Å²) in [7, 11) is 0. The Hall–Kier alpha value is -3.34. The zero-order valence-corrected chi connectivity index (χ0v) is 13.8. The van der Waals surface area contributed by atoms with Crippen molar-refractivity contribution in [3.63, 3.8) is 0 Å². The van der Waals surface area contributed by atoms with Gasteiger partial charge in [-0.05, 0) is 24.6 Å². The van der Waals surface area contributed by atoms with Crippen LogP contribution >= 0.6 is 0 Å². The lowest BCUT2D eigenvalue weighted by molar-refractivity contribution is -0.136. The number of amides is 2. The van der Waals surface area contributed by atoms with Crippen molar-refractivity contribution in [1.29, 1.82) is 5.26 Å². The normalized spacial score (nSPS) is 10.1. The first-order valence-electron chi connectivity index (χ1n) is 7.89. The topological polar surface area (TPSA) is 120 Å². The molecule has 3 N–H and O–H groups in total. The fourth-order valence-electron chi connectivity index (χ4n) is 2.33. The molecule has 25 heavy (non-hydrogen) atoms. The quantitative estimate of drug-likeness (QED) is 0.713. The summed E-state index contributed by atoms with van der Waals surface area (Å²) < 4.78 is 1.69. The van der Waals surface area contributed by atoms with Crippen LogP contribution in [-0.4, -0.2) is 33.4 Å². The second kappa shape index (κ2) is 8.49. The number of carboxylic acid groups (broad SMARTS) is 1. The molecule has 1 heterocycles. The molecule has 2 amide bonds. The van der Waals surface area contributed by atoms with Gasteiger partial charge in [-0.3, -0.25) is 4.79 Å². The Morgan fingerprint density at radius 3 is 2.88 bits per heavy atom. The standard InChI is InChI=1S/C17H19N5O3/c1-2-4-15-14(21-17(25)19-8-7-16(23)24)11-20-22(15)13-6-3-5-12(9-13)10-18/h3,5-6,9,11H,2,4,7-8H2,1H3,(H,23,24)(H2,19,21,25). The van der Waals surface area contributed by atoms with E-state index < -0.39 is 12.0 Å². The van der Waals surface area contributed by atoms with Gasteiger partial charge in [0.1, 0.15) is 0 Å². The molecule has 0 saturated carbocycles. The van der Waals surface area contributed by atoms with Crippen LogP contribution in [-0.2, 0) is 11.2 Å². The molecule has 0 spiro atoms. The Kier molecular flexibility index (Phi) is 6.12. The van der Waals surface area contributed by atoms with Crippen molar-refractivity contribution in [3.05, 3.63) is 41.7 Å². The van der Waals surface area contributed by atoms with E-state index in [-0.39, 0.29) is 13.0 Å². The summed E-state index contributed by atoms with van der Waals surface area (Å²) >= 11 is 0. The first-order chi connectivity index (χ1) is 12.0. The minimum absolute atomic E-state index is 0.0443. The number of nitrogens with one attached hydrogen (secondary N) is 2. The number of anilines is 1. The van der Waals surface area contributed by atoms with Crippen LogP contribution in [0.5, 0.6) is 0 Å². The van der Waals surface area contributed by atoms with E-state index in [1.807, 2.05) is 13.0 Å². The first kappa shape index (κ1) is 18.0. The van der Waals surface area contributed by atoms with Crippen molar-refractivity contribution in [2.24, 2.45) is 0 Å². The lowest BCUT2D eigenvalue weighted by Crippen LogP contribution is -2.30. The van der Waals surface area contributed by atoms with Crippen LogP contribution in [0.25, 0.3) is 5.69 Å². The van der Waals surface area contributed by atoms with Crippen LogP contribution in [0, 0.1) is 11.3 Å². The molecule has 8 heteroatoms. The van der Waals surface area contributed by atoms with Crippen molar-refractivity contribution >= 4 is 17.7 Å². The van der Waals surface area contributed by atoms with E-state index in [1.165, 1.54) is 0 Å². The number of nitrogens with zero attached hydrogens (tertiary/aromatic N) is 3. The fourth-order valence-corrected chi connectivity index (χ4v) is 2.33. The number of carboxylic acids is 1. The van der Waals surface area contributed by atoms with Crippen LogP contribution in [0.4, 0.5) is 10.5 Å². The van der Waals surface area contributed by atoms with Gasteiger partial charge in [0.15, 0.2) is 0 Å². The molecule has 2 rings (SSSR count). The third-order valence-corrected chi connectivity index (χ3v) is 3.45. The summed E-state index contributed by atoms with van der Waals surface area (Å²) in [6.45, 7) is 2.06. The third-order valence-electron chi connectivity index (χ3n) is 3.45. The van der Waals surface area contributed by atoms with E-state index in [0.29, 0.717) is 17.7 Å². The maximum atomic E-state index is 11.9. The number of carbonyl (C=O) groups excluding carboxylic acids is 1. The van der Waals surface area contributed by atoms with E-state index in [1.54, 1.807) is 29.1 Å². The number of aliphatic carboxylic acids is 1. The lowest BCUT2D eigenvalue weighted by atomic mass is 10.2. The number of nitriles is 1. The molecule has 0 fully saturated rings. The van der Waals surface area contributed by atoms with Gasteiger partial charge in [-0.2, -0.15) is 10.4 Å². The van der Waals surface area contributed by atoms with Crippen molar-refractivity contribution in [3.8, 4) is 11.8 Å². The Morgan fingerprint density at radius 1 is 1.40 bits per heavy atom. The monoisotopic (exact) mass is 341 g/mol. The maximum Gasteiger partial charge on any atom is 0.319 e. The van der Waals surface area contributed by atoms with Gasteiger partial charge in [-0.1, -0.05) is 19.4 Å². The molecular weight excluding hydrogens is 322 g/mol. The highest BCUT2D eigenvalue weighted by Gasteiger charge is 2.14. The highest BCUT2D eigenvalue weighted by atomic mass is 16.4. The molecule has 0 unspecified atom stereocenters. The molecule has 0 atom stereocenters. The summed E-state index contributed by atoms with van der Waals surface area (Å²) in [5.74, 6) is -0.975. The average molecular weight is 341 g/mol. The highest BCUT2D eigenvalue weighted by molar-refractivity contribution is 5.90. The molecule has 1 aromatic heterocycles. The van der Waals surface area contributed by atoms with E-state index in [4.69, 9.17) is 10.4 Å². The summed E-state index contributed by atoms with van der Waals surface area (Å²) in [6.07, 6.45) is 2.93. The zero-order chi connectivity index (χ0) is 18.2. The minimum Gasteiger partial charge on any atom is -0.481 e. The van der Waals surface area contributed by atoms with Crippen molar-refractivity contribution in [1.82, 2.24) is 15.1 Å².